The van der Waals surface area contributed by atoms with E-state index in [-0.39, 0.29) is 0 Å². The molecule has 0 saturated carbocycles. The van der Waals surface area contributed by atoms with Gasteiger partial charge in [-0.2, -0.15) is 0 Å². The first-order valence-corrected chi connectivity index (χ1v) is 5.41. The van der Waals surface area contributed by atoms with Crippen LogP contribution >= 0.6 is 0 Å². The molecule has 2 heteroatoms. The van der Waals surface area contributed by atoms with E-state index < -0.39 is 0 Å². The zero-order valence-corrected chi connectivity index (χ0v) is 9.19. The SMILES string of the molecule is CCC(C)(C)CNC1=NCCCC1. The maximum atomic E-state index is 4.47. The molecule has 1 N–H and O–H groups in total. The van der Waals surface area contributed by atoms with Crippen LogP contribution in [0.25, 0.3) is 0 Å². The van der Waals surface area contributed by atoms with Crippen molar-refractivity contribution >= 4 is 5.84 Å². The summed E-state index contributed by atoms with van der Waals surface area (Å²) in [6.07, 6.45) is 4.94. The van der Waals surface area contributed by atoms with Crippen LogP contribution in [0, 0.1) is 5.41 Å². The summed E-state index contributed by atoms with van der Waals surface area (Å²) in [7, 11) is 0. The lowest BCUT2D eigenvalue weighted by atomic mass is 9.90. The van der Waals surface area contributed by atoms with E-state index >= 15 is 0 Å². The summed E-state index contributed by atoms with van der Waals surface area (Å²) >= 11 is 0. The summed E-state index contributed by atoms with van der Waals surface area (Å²) in [6, 6.07) is 0. The molecule has 0 aromatic rings. The Morgan fingerprint density at radius 2 is 2.15 bits per heavy atom. The monoisotopic (exact) mass is 182 g/mol. The molecular weight excluding hydrogens is 160 g/mol. The Balaban J connectivity index is 2.29. The van der Waals surface area contributed by atoms with Crippen LogP contribution in [-0.2, 0) is 0 Å². The van der Waals surface area contributed by atoms with Crippen molar-refractivity contribution in [3.63, 3.8) is 0 Å². The zero-order valence-electron chi connectivity index (χ0n) is 9.19. The summed E-state index contributed by atoms with van der Waals surface area (Å²) in [6.45, 7) is 8.91. The Bertz CT molecular complexity index is 183. The Morgan fingerprint density at radius 1 is 1.38 bits per heavy atom. The number of nitrogens with zero attached hydrogens (tertiary/aromatic N) is 1. The molecule has 0 radical (unpaired) electrons. The minimum absolute atomic E-state index is 0.403. The second-order valence-electron chi connectivity index (χ2n) is 4.66. The van der Waals surface area contributed by atoms with Gasteiger partial charge in [0.15, 0.2) is 0 Å². The van der Waals surface area contributed by atoms with Gasteiger partial charge >= 0.3 is 0 Å². The normalized spacial score (nSPS) is 18.2. The Hall–Kier alpha value is -0.530. The smallest absolute Gasteiger partial charge is 0.0963 e. The quantitative estimate of drug-likeness (QED) is 0.713. The summed E-state index contributed by atoms with van der Waals surface area (Å²) < 4.78 is 0. The van der Waals surface area contributed by atoms with E-state index in [1.54, 1.807) is 0 Å². The molecule has 0 aliphatic carbocycles. The van der Waals surface area contributed by atoms with Crippen LogP contribution in [0.5, 0.6) is 0 Å². The average molecular weight is 182 g/mol. The van der Waals surface area contributed by atoms with E-state index in [0.29, 0.717) is 5.41 Å². The number of aliphatic imine (C=N–C) groups is 1. The van der Waals surface area contributed by atoms with Crippen molar-refractivity contribution in [3.8, 4) is 0 Å². The van der Waals surface area contributed by atoms with Crippen molar-refractivity contribution < 1.29 is 0 Å². The molecule has 0 atom stereocenters. The van der Waals surface area contributed by atoms with Crippen LogP contribution in [-0.4, -0.2) is 18.9 Å². The van der Waals surface area contributed by atoms with Gasteiger partial charge in [0, 0.05) is 19.5 Å². The molecule has 0 aromatic carbocycles. The van der Waals surface area contributed by atoms with Gasteiger partial charge in [-0.3, -0.25) is 4.99 Å². The lowest BCUT2D eigenvalue weighted by Crippen LogP contribution is -2.34. The van der Waals surface area contributed by atoms with Gasteiger partial charge in [0.2, 0.25) is 0 Å². The standard InChI is InChI=1S/C11H22N2/c1-4-11(2,3)9-13-10-7-5-6-8-12-10/h4-9H2,1-3H3,(H,12,13). The predicted octanol–water partition coefficient (Wildman–Crippen LogP) is 2.59. The van der Waals surface area contributed by atoms with Gasteiger partial charge in [-0.1, -0.05) is 20.8 Å². The number of hydrogen-bond acceptors (Lipinski definition) is 2. The number of amidine groups is 1. The van der Waals surface area contributed by atoms with Crippen molar-refractivity contribution in [2.75, 3.05) is 13.1 Å². The molecule has 2 nitrogen and oxygen atoms in total. The predicted molar refractivity (Wildman–Crippen MR) is 58.2 cm³/mol. The first-order valence-electron chi connectivity index (χ1n) is 5.41. The van der Waals surface area contributed by atoms with E-state index in [2.05, 4.69) is 31.1 Å². The van der Waals surface area contributed by atoms with Crippen molar-refractivity contribution in [2.24, 2.45) is 10.4 Å². The Kier molecular flexibility index (Phi) is 3.76. The van der Waals surface area contributed by atoms with Gasteiger partial charge in [-0.25, -0.2) is 0 Å². The van der Waals surface area contributed by atoms with Crippen molar-refractivity contribution in [3.05, 3.63) is 0 Å². The third-order valence-corrected chi connectivity index (χ3v) is 2.85. The number of nitrogens with one attached hydrogen (secondary N) is 1. The summed E-state index contributed by atoms with van der Waals surface area (Å²) in [5, 5.41) is 3.46. The first-order chi connectivity index (χ1) is 6.14. The average Bonchev–Trinajstić information content (AvgIpc) is 2.17. The summed E-state index contributed by atoms with van der Waals surface area (Å²) in [5.74, 6) is 1.23. The van der Waals surface area contributed by atoms with Gasteiger partial charge < -0.3 is 5.32 Å². The molecule has 13 heavy (non-hydrogen) atoms. The van der Waals surface area contributed by atoms with Gasteiger partial charge in [0.25, 0.3) is 0 Å². The molecule has 0 unspecified atom stereocenters. The summed E-state index contributed by atoms with van der Waals surface area (Å²) in [4.78, 5) is 4.47. The Labute approximate surface area is 81.8 Å². The van der Waals surface area contributed by atoms with Crippen molar-refractivity contribution in [1.82, 2.24) is 5.32 Å². The van der Waals surface area contributed by atoms with Crippen molar-refractivity contribution in [1.29, 1.82) is 0 Å². The second kappa shape index (κ2) is 4.64. The van der Waals surface area contributed by atoms with Gasteiger partial charge in [0.05, 0.1) is 5.84 Å². The van der Waals surface area contributed by atoms with Crippen LogP contribution in [0.2, 0.25) is 0 Å². The van der Waals surface area contributed by atoms with Crippen LogP contribution in [0.4, 0.5) is 0 Å². The molecule has 0 saturated heterocycles. The molecule has 76 valence electrons. The molecular formula is C11H22N2. The highest BCUT2D eigenvalue weighted by molar-refractivity contribution is 5.82. The highest BCUT2D eigenvalue weighted by Gasteiger charge is 2.15. The van der Waals surface area contributed by atoms with E-state index in [4.69, 9.17) is 0 Å². The van der Waals surface area contributed by atoms with Crippen molar-refractivity contribution in [2.45, 2.75) is 46.5 Å². The third-order valence-electron chi connectivity index (χ3n) is 2.85. The largest absolute Gasteiger partial charge is 0.373 e. The molecule has 0 fully saturated rings. The number of rotatable bonds is 3. The minimum atomic E-state index is 0.403. The third kappa shape index (κ3) is 3.79. The number of hydrogen-bond donors (Lipinski definition) is 1. The van der Waals surface area contributed by atoms with Gasteiger partial charge in [-0.05, 0) is 24.7 Å². The van der Waals surface area contributed by atoms with Gasteiger partial charge in [0.1, 0.15) is 0 Å². The maximum absolute atomic E-state index is 4.47. The van der Waals surface area contributed by atoms with E-state index in [0.717, 1.165) is 19.5 Å². The fourth-order valence-electron chi connectivity index (χ4n) is 1.31. The molecule has 1 aliphatic rings. The maximum Gasteiger partial charge on any atom is 0.0963 e. The van der Waals surface area contributed by atoms with E-state index in [9.17, 15) is 0 Å². The molecule has 1 heterocycles. The molecule has 1 aliphatic heterocycles. The minimum Gasteiger partial charge on any atom is -0.373 e. The topological polar surface area (TPSA) is 24.4 Å². The molecule has 0 aromatic heterocycles. The first kappa shape index (κ1) is 10.6. The van der Waals surface area contributed by atoms with Crippen LogP contribution in [0.15, 0.2) is 4.99 Å². The van der Waals surface area contributed by atoms with Crippen LogP contribution in [0.3, 0.4) is 0 Å². The molecule has 1 rings (SSSR count). The zero-order chi connectivity index (χ0) is 9.73. The van der Waals surface area contributed by atoms with E-state index in [1.165, 1.54) is 25.1 Å². The summed E-state index contributed by atoms with van der Waals surface area (Å²) in [5.41, 5.74) is 0.403. The fourth-order valence-corrected chi connectivity index (χ4v) is 1.31. The van der Waals surface area contributed by atoms with Crippen LogP contribution < -0.4 is 5.32 Å². The lowest BCUT2D eigenvalue weighted by Gasteiger charge is -2.25. The fraction of sp³-hybridized carbons (Fsp3) is 0.909. The Morgan fingerprint density at radius 3 is 2.69 bits per heavy atom. The van der Waals surface area contributed by atoms with Gasteiger partial charge in [-0.15, -0.1) is 0 Å². The molecule has 0 amide bonds. The lowest BCUT2D eigenvalue weighted by molar-refractivity contribution is 0.348. The molecule has 0 spiro atoms. The van der Waals surface area contributed by atoms with Crippen LogP contribution in [0.1, 0.15) is 46.5 Å². The highest BCUT2D eigenvalue weighted by Crippen LogP contribution is 2.18. The van der Waals surface area contributed by atoms with E-state index in [1.807, 2.05) is 0 Å². The highest BCUT2D eigenvalue weighted by atomic mass is 15.0. The second-order valence-corrected chi connectivity index (χ2v) is 4.66. The molecule has 0 bridgehead atoms.